The van der Waals surface area contributed by atoms with Crippen LogP contribution in [0.15, 0.2) is 35.6 Å². The highest BCUT2D eigenvalue weighted by molar-refractivity contribution is 6.15. The fourth-order valence-corrected chi connectivity index (χ4v) is 3.73. The maximum Gasteiger partial charge on any atom is 0.340 e. The number of carbonyl (C=O) groups excluding carboxylic acids is 1. The molecular weight excluding hydrogens is 400 g/mol. The summed E-state index contributed by atoms with van der Waals surface area (Å²) in [5, 5.41) is 13.5. The number of fused-ring (bicyclic) bond motifs is 1. The lowest BCUT2D eigenvalue weighted by molar-refractivity contribution is 0.0528. The average Bonchev–Trinajstić information content (AvgIpc) is 3.13. The van der Waals surface area contributed by atoms with Crippen LogP contribution in [-0.4, -0.2) is 49.2 Å². The molecule has 0 aliphatic heterocycles. The predicted molar refractivity (Wildman–Crippen MR) is 116 cm³/mol. The Bertz CT molecular complexity index is 1140. The van der Waals surface area contributed by atoms with Gasteiger partial charge in [-0.25, -0.2) is 4.79 Å². The van der Waals surface area contributed by atoms with E-state index >= 15 is 0 Å². The first kappa shape index (κ1) is 22.0. The second-order valence-electron chi connectivity index (χ2n) is 6.95. The van der Waals surface area contributed by atoms with E-state index in [1.54, 1.807) is 25.1 Å². The summed E-state index contributed by atoms with van der Waals surface area (Å²) in [5.41, 5.74) is 4.23. The maximum atomic E-state index is 12.6. The van der Waals surface area contributed by atoms with Crippen LogP contribution in [-0.2, 0) is 4.74 Å². The molecule has 0 bridgehead atoms. The summed E-state index contributed by atoms with van der Waals surface area (Å²) in [4.78, 5) is 12.6. The number of benzene rings is 1. The SMILES string of the molecule is CCOC(=O)c1cc(/C(=N\O)c2cc(OC)c(OC)c(OC)c2)n2cc(C)cc(C)c12. The summed E-state index contributed by atoms with van der Waals surface area (Å²) in [6.45, 7) is 5.88. The highest BCUT2D eigenvalue weighted by Gasteiger charge is 2.24. The van der Waals surface area contributed by atoms with Crippen molar-refractivity contribution >= 4 is 17.2 Å². The molecule has 1 N–H and O–H groups in total. The zero-order valence-corrected chi connectivity index (χ0v) is 18.5. The summed E-state index contributed by atoms with van der Waals surface area (Å²) in [7, 11) is 4.53. The van der Waals surface area contributed by atoms with E-state index in [-0.39, 0.29) is 12.3 Å². The minimum Gasteiger partial charge on any atom is -0.493 e. The van der Waals surface area contributed by atoms with Crippen LogP contribution in [0.25, 0.3) is 5.52 Å². The Hall–Kier alpha value is -3.68. The van der Waals surface area contributed by atoms with Gasteiger partial charge in [-0.2, -0.15) is 0 Å². The topological polar surface area (TPSA) is 91.0 Å². The standard InChI is InChI=1S/C23H26N2O6/c1-7-31-23(26)16-11-17(25-12-13(2)8-14(3)21(16)25)20(24-27)15-9-18(28-4)22(30-6)19(10-15)29-5/h8-12,27H,7H2,1-6H3/b24-20-. The Balaban J connectivity index is 2.31. The molecule has 164 valence electrons. The number of hydrogen-bond donors (Lipinski definition) is 1. The second kappa shape index (κ2) is 8.99. The van der Waals surface area contributed by atoms with Gasteiger partial charge < -0.3 is 28.6 Å². The van der Waals surface area contributed by atoms with Gasteiger partial charge in [0, 0.05) is 11.8 Å². The molecule has 8 heteroatoms. The zero-order valence-electron chi connectivity index (χ0n) is 18.5. The molecule has 0 spiro atoms. The molecule has 0 aliphatic rings. The molecule has 0 fully saturated rings. The first-order valence-electron chi connectivity index (χ1n) is 9.72. The van der Waals surface area contributed by atoms with Crippen molar-refractivity contribution in [3.8, 4) is 17.2 Å². The van der Waals surface area contributed by atoms with Gasteiger partial charge in [-0.15, -0.1) is 0 Å². The maximum absolute atomic E-state index is 12.6. The first-order chi connectivity index (χ1) is 14.9. The smallest absolute Gasteiger partial charge is 0.340 e. The molecule has 0 unspecified atom stereocenters. The molecule has 1 aromatic carbocycles. The Labute approximate surface area is 180 Å². The zero-order chi connectivity index (χ0) is 22.7. The van der Waals surface area contributed by atoms with Crippen molar-refractivity contribution in [2.75, 3.05) is 27.9 Å². The second-order valence-corrected chi connectivity index (χ2v) is 6.95. The normalized spacial score (nSPS) is 11.5. The van der Waals surface area contributed by atoms with Crippen LogP contribution >= 0.6 is 0 Å². The number of hydrogen-bond acceptors (Lipinski definition) is 7. The van der Waals surface area contributed by atoms with Gasteiger partial charge in [0.05, 0.1) is 44.7 Å². The van der Waals surface area contributed by atoms with Crippen molar-refractivity contribution in [1.29, 1.82) is 0 Å². The molecule has 8 nitrogen and oxygen atoms in total. The van der Waals surface area contributed by atoms with Crippen LogP contribution < -0.4 is 14.2 Å². The van der Waals surface area contributed by atoms with Gasteiger partial charge in [-0.05, 0) is 50.1 Å². The fraction of sp³-hybridized carbons (Fsp3) is 0.304. The Morgan fingerprint density at radius 3 is 2.19 bits per heavy atom. The van der Waals surface area contributed by atoms with E-state index in [2.05, 4.69) is 5.16 Å². The summed E-state index contributed by atoms with van der Waals surface area (Å²) in [5.74, 6) is 0.805. The van der Waals surface area contributed by atoms with E-state index in [4.69, 9.17) is 18.9 Å². The molecule has 3 rings (SSSR count). The number of rotatable bonds is 7. The number of nitrogens with zero attached hydrogens (tertiary/aromatic N) is 2. The number of pyridine rings is 1. The fourth-order valence-electron chi connectivity index (χ4n) is 3.73. The highest BCUT2D eigenvalue weighted by atomic mass is 16.5. The van der Waals surface area contributed by atoms with Crippen molar-refractivity contribution in [3.63, 3.8) is 0 Å². The lowest BCUT2D eigenvalue weighted by atomic mass is 10.1. The molecule has 0 radical (unpaired) electrons. The van der Waals surface area contributed by atoms with E-state index in [1.807, 2.05) is 30.5 Å². The number of carbonyl (C=O) groups is 1. The lowest BCUT2D eigenvalue weighted by Crippen LogP contribution is -2.09. The minimum atomic E-state index is -0.444. The molecular formula is C23H26N2O6. The van der Waals surface area contributed by atoms with Crippen LogP contribution in [0.4, 0.5) is 0 Å². The quantitative estimate of drug-likeness (QED) is 0.266. The molecule has 0 aliphatic carbocycles. The summed E-state index contributed by atoms with van der Waals surface area (Å²) in [6.07, 6.45) is 1.88. The van der Waals surface area contributed by atoms with Crippen molar-refractivity contribution < 1.29 is 28.9 Å². The third-order valence-corrected chi connectivity index (χ3v) is 4.96. The number of aryl methyl sites for hydroxylation is 2. The summed E-state index contributed by atoms with van der Waals surface area (Å²) < 4.78 is 23.3. The summed E-state index contributed by atoms with van der Waals surface area (Å²) in [6, 6.07) is 7.01. The summed E-state index contributed by atoms with van der Waals surface area (Å²) >= 11 is 0. The van der Waals surface area contributed by atoms with Gasteiger partial charge in [0.25, 0.3) is 0 Å². The molecule has 0 saturated heterocycles. The van der Waals surface area contributed by atoms with Crippen molar-refractivity contribution in [3.05, 3.63) is 58.4 Å². The predicted octanol–water partition coefficient (Wildman–Crippen LogP) is 3.99. The van der Waals surface area contributed by atoms with Crippen LogP contribution in [0, 0.1) is 13.8 Å². The van der Waals surface area contributed by atoms with Crippen molar-refractivity contribution in [2.45, 2.75) is 20.8 Å². The largest absolute Gasteiger partial charge is 0.493 e. The van der Waals surface area contributed by atoms with Gasteiger partial charge in [-0.3, -0.25) is 0 Å². The average molecular weight is 426 g/mol. The van der Waals surface area contributed by atoms with E-state index < -0.39 is 5.97 Å². The van der Waals surface area contributed by atoms with Crippen LogP contribution in [0.2, 0.25) is 0 Å². The number of methoxy groups -OCH3 is 3. The van der Waals surface area contributed by atoms with E-state index in [0.717, 1.165) is 11.1 Å². The number of oxime groups is 1. The van der Waals surface area contributed by atoms with Gasteiger partial charge in [-0.1, -0.05) is 11.2 Å². The van der Waals surface area contributed by atoms with Gasteiger partial charge in [0.1, 0.15) is 5.71 Å². The molecule has 0 saturated carbocycles. The lowest BCUT2D eigenvalue weighted by Gasteiger charge is -2.15. The highest BCUT2D eigenvalue weighted by Crippen LogP contribution is 2.39. The van der Waals surface area contributed by atoms with Gasteiger partial charge in [0.15, 0.2) is 11.5 Å². The van der Waals surface area contributed by atoms with Crippen LogP contribution in [0.5, 0.6) is 17.2 Å². The van der Waals surface area contributed by atoms with E-state index in [1.165, 1.54) is 21.3 Å². The monoisotopic (exact) mass is 426 g/mol. The van der Waals surface area contributed by atoms with Gasteiger partial charge in [0.2, 0.25) is 5.75 Å². The van der Waals surface area contributed by atoms with Crippen LogP contribution in [0.3, 0.4) is 0 Å². The van der Waals surface area contributed by atoms with Crippen molar-refractivity contribution in [2.24, 2.45) is 5.16 Å². The number of aromatic nitrogens is 1. The third-order valence-electron chi connectivity index (χ3n) is 4.96. The van der Waals surface area contributed by atoms with Crippen molar-refractivity contribution in [1.82, 2.24) is 4.40 Å². The number of ether oxygens (including phenoxy) is 4. The molecule has 2 heterocycles. The third kappa shape index (κ3) is 3.88. The molecule has 0 amide bonds. The van der Waals surface area contributed by atoms with E-state index in [0.29, 0.717) is 39.6 Å². The molecule has 0 atom stereocenters. The molecule has 2 aromatic heterocycles. The van der Waals surface area contributed by atoms with Crippen LogP contribution in [0.1, 0.15) is 39.7 Å². The Kier molecular flexibility index (Phi) is 6.39. The Morgan fingerprint density at radius 2 is 1.68 bits per heavy atom. The number of esters is 1. The minimum absolute atomic E-state index is 0.231. The van der Waals surface area contributed by atoms with Gasteiger partial charge >= 0.3 is 5.97 Å². The first-order valence-corrected chi connectivity index (χ1v) is 9.72. The Morgan fingerprint density at radius 1 is 1.03 bits per heavy atom. The molecule has 31 heavy (non-hydrogen) atoms. The van der Waals surface area contributed by atoms with E-state index in [9.17, 15) is 10.0 Å². The molecule has 3 aromatic rings.